The molecule has 0 fully saturated rings. The van der Waals surface area contributed by atoms with Crippen molar-refractivity contribution in [2.24, 2.45) is 0 Å². The predicted molar refractivity (Wildman–Crippen MR) is 72.6 cm³/mol. The Kier molecular flexibility index (Phi) is 5.71. The highest BCUT2D eigenvalue weighted by molar-refractivity contribution is 7.13. The summed E-state index contributed by atoms with van der Waals surface area (Å²) in [4.78, 5) is 28.6. The Labute approximate surface area is 115 Å². The van der Waals surface area contributed by atoms with E-state index in [4.69, 9.17) is 5.11 Å². The molecule has 0 spiro atoms. The van der Waals surface area contributed by atoms with Crippen LogP contribution in [-0.2, 0) is 6.54 Å². The number of aromatic carboxylic acids is 1. The first-order chi connectivity index (χ1) is 8.90. The summed E-state index contributed by atoms with van der Waals surface area (Å²) in [5.74, 6) is -0.989. The summed E-state index contributed by atoms with van der Waals surface area (Å²) in [6, 6.07) is -0.286. The highest BCUT2D eigenvalue weighted by atomic mass is 32.1. The topological polar surface area (TPSA) is 94.6 Å². The third-order valence-corrected chi connectivity index (χ3v) is 3.43. The number of rotatable bonds is 6. The molecule has 1 heterocycles. The highest BCUT2D eigenvalue weighted by Gasteiger charge is 2.14. The summed E-state index contributed by atoms with van der Waals surface area (Å²) in [7, 11) is 3.84. The van der Waals surface area contributed by atoms with E-state index >= 15 is 0 Å². The lowest BCUT2D eigenvalue weighted by atomic mass is 10.4. The number of urea groups is 1. The molecule has 1 aromatic rings. The van der Waals surface area contributed by atoms with Crippen molar-refractivity contribution in [1.82, 2.24) is 20.5 Å². The fourth-order valence-corrected chi connectivity index (χ4v) is 2.18. The van der Waals surface area contributed by atoms with Crippen LogP contribution in [-0.4, -0.2) is 54.2 Å². The molecule has 0 saturated heterocycles. The van der Waals surface area contributed by atoms with E-state index in [2.05, 4.69) is 15.6 Å². The minimum absolute atomic E-state index is 0.213. The summed E-state index contributed by atoms with van der Waals surface area (Å²) >= 11 is 1.08. The van der Waals surface area contributed by atoms with Gasteiger partial charge in [0, 0.05) is 13.1 Å². The number of carboxylic acids is 1. The molecule has 0 saturated carbocycles. The molecule has 3 N–H and O–H groups in total. The largest absolute Gasteiger partial charge is 0.477 e. The fourth-order valence-electron chi connectivity index (χ4n) is 1.34. The molecule has 0 aliphatic rings. The lowest BCUT2D eigenvalue weighted by Crippen LogP contribution is -2.38. The summed E-state index contributed by atoms with van der Waals surface area (Å²) in [6.45, 7) is 3.18. The van der Waals surface area contributed by atoms with Crippen LogP contribution in [0.3, 0.4) is 0 Å². The quantitative estimate of drug-likeness (QED) is 0.708. The van der Waals surface area contributed by atoms with Crippen molar-refractivity contribution in [1.29, 1.82) is 0 Å². The van der Waals surface area contributed by atoms with Crippen molar-refractivity contribution in [3.05, 3.63) is 15.6 Å². The number of thiazole rings is 1. The number of hydrogen-bond donors (Lipinski definition) is 3. The maximum Gasteiger partial charge on any atom is 0.347 e. The smallest absolute Gasteiger partial charge is 0.347 e. The molecule has 0 atom stereocenters. The number of hydrogen-bond acceptors (Lipinski definition) is 5. The van der Waals surface area contributed by atoms with Crippen LogP contribution in [0.25, 0.3) is 0 Å². The van der Waals surface area contributed by atoms with E-state index in [1.54, 1.807) is 6.92 Å². The van der Waals surface area contributed by atoms with Gasteiger partial charge in [0.2, 0.25) is 0 Å². The van der Waals surface area contributed by atoms with E-state index in [0.717, 1.165) is 17.9 Å². The third-order valence-electron chi connectivity index (χ3n) is 2.28. The monoisotopic (exact) mass is 286 g/mol. The molecular weight excluding hydrogens is 268 g/mol. The number of likely N-dealkylation sites (N-methyl/N-ethyl adjacent to an activating group) is 1. The van der Waals surface area contributed by atoms with Crippen LogP contribution in [0.4, 0.5) is 4.79 Å². The number of aromatic nitrogens is 1. The van der Waals surface area contributed by atoms with Crippen molar-refractivity contribution < 1.29 is 14.7 Å². The average molecular weight is 286 g/mol. The van der Waals surface area contributed by atoms with Gasteiger partial charge in [0.05, 0.1) is 12.2 Å². The van der Waals surface area contributed by atoms with Gasteiger partial charge in [-0.15, -0.1) is 11.3 Å². The first-order valence-corrected chi connectivity index (χ1v) is 6.58. The minimum Gasteiger partial charge on any atom is -0.477 e. The lowest BCUT2D eigenvalue weighted by Gasteiger charge is -2.10. The minimum atomic E-state index is -0.989. The van der Waals surface area contributed by atoms with Crippen molar-refractivity contribution in [3.8, 4) is 0 Å². The molecule has 106 valence electrons. The molecule has 1 aromatic heterocycles. The summed E-state index contributed by atoms with van der Waals surface area (Å²) < 4.78 is 0. The number of carbonyl (C=O) groups excluding carboxylic acids is 1. The average Bonchev–Trinajstić information content (AvgIpc) is 2.67. The molecule has 7 nitrogen and oxygen atoms in total. The molecule has 19 heavy (non-hydrogen) atoms. The Morgan fingerprint density at radius 3 is 2.58 bits per heavy atom. The number of aryl methyl sites for hydroxylation is 1. The fraction of sp³-hybridized carbons (Fsp3) is 0.545. The number of amides is 2. The number of nitrogens with zero attached hydrogens (tertiary/aromatic N) is 2. The van der Waals surface area contributed by atoms with E-state index in [1.807, 2.05) is 19.0 Å². The van der Waals surface area contributed by atoms with Crippen LogP contribution in [0, 0.1) is 6.92 Å². The zero-order valence-corrected chi connectivity index (χ0v) is 12.0. The second-order valence-electron chi connectivity index (χ2n) is 4.24. The molecule has 0 bridgehead atoms. The molecule has 1 rings (SSSR count). The van der Waals surface area contributed by atoms with Gasteiger partial charge in [-0.05, 0) is 21.0 Å². The Bertz CT molecular complexity index is 459. The van der Waals surface area contributed by atoms with E-state index in [-0.39, 0.29) is 17.5 Å². The first kappa shape index (κ1) is 15.4. The maximum atomic E-state index is 11.4. The van der Waals surface area contributed by atoms with Crippen molar-refractivity contribution in [2.75, 3.05) is 27.2 Å². The van der Waals surface area contributed by atoms with Gasteiger partial charge in [-0.25, -0.2) is 14.6 Å². The van der Waals surface area contributed by atoms with E-state index in [0.29, 0.717) is 17.2 Å². The van der Waals surface area contributed by atoms with Crippen LogP contribution in [0.5, 0.6) is 0 Å². The second-order valence-corrected chi connectivity index (χ2v) is 5.32. The van der Waals surface area contributed by atoms with Gasteiger partial charge in [0.25, 0.3) is 0 Å². The second kappa shape index (κ2) is 7.05. The number of carboxylic acid groups (broad SMARTS) is 1. The Morgan fingerprint density at radius 2 is 2.05 bits per heavy atom. The van der Waals surface area contributed by atoms with E-state index in [9.17, 15) is 9.59 Å². The first-order valence-electron chi connectivity index (χ1n) is 5.76. The van der Waals surface area contributed by atoms with Gasteiger partial charge >= 0.3 is 12.0 Å². The van der Waals surface area contributed by atoms with Gasteiger partial charge in [0.15, 0.2) is 0 Å². The van der Waals surface area contributed by atoms with Crippen LogP contribution < -0.4 is 10.6 Å². The Balaban J connectivity index is 2.38. The van der Waals surface area contributed by atoms with E-state index in [1.165, 1.54) is 0 Å². The standard InChI is InChI=1S/C11H18N4O3S/c1-7-9(10(16)17)19-8(14-7)6-13-11(18)12-4-5-15(2)3/h4-6H2,1-3H3,(H,16,17)(H2,12,13,18). The van der Waals surface area contributed by atoms with Crippen LogP contribution in [0.2, 0.25) is 0 Å². The van der Waals surface area contributed by atoms with Gasteiger partial charge < -0.3 is 20.6 Å². The van der Waals surface area contributed by atoms with E-state index < -0.39 is 5.97 Å². The highest BCUT2D eigenvalue weighted by Crippen LogP contribution is 2.17. The summed E-state index contributed by atoms with van der Waals surface area (Å²) in [5.41, 5.74) is 0.474. The maximum absolute atomic E-state index is 11.4. The van der Waals surface area contributed by atoms with Crippen molar-refractivity contribution in [2.45, 2.75) is 13.5 Å². The lowest BCUT2D eigenvalue weighted by molar-refractivity contribution is 0.0701. The summed E-state index contributed by atoms with van der Waals surface area (Å²) in [5, 5.41) is 14.8. The Morgan fingerprint density at radius 1 is 1.37 bits per heavy atom. The van der Waals surface area contributed by atoms with Crippen LogP contribution in [0.1, 0.15) is 20.4 Å². The SMILES string of the molecule is Cc1nc(CNC(=O)NCCN(C)C)sc1C(=O)O. The van der Waals surface area contributed by atoms with Crippen LogP contribution in [0.15, 0.2) is 0 Å². The molecule has 0 unspecified atom stereocenters. The summed E-state index contributed by atoms with van der Waals surface area (Å²) in [6.07, 6.45) is 0. The van der Waals surface area contributed by atoms with Crippen LogP contribution >= 0.6 is 11.3 Å². The molecule has 0 aromatic carbocycles. The van der Waals surface area contributed by atoms with Gasteiger partial charge in [-0.3, -0.25) is 0 Å². The van der Waals surface area contributed by atoms with Gasteiger partial charge in [-0.1, -0.05) is 0 Å². The van der Waals surface area contributed by atoms with Gasteiger partial charge in [0.1, 0.15) is 9.88 Å². The van der Waals surface area contributed by atoms with Crippen molar-refractivity contribution >= 4 is 23.3 Å². The Hall–Kier alpha value is -1.67. The molecule has 0 aliphatic carbocycles. The number of carbonyl (C=O) groups is 2. The molecule has 2 amide bonds. The molecule has 8 heteroatoms. The predicted octanol–water partition coefficient (Wildman–Crippen LogP) is 0.511. The number of nitrogens with one attached hydrogen (secondary N) is 2. The van der Waals surface area contributed by atoms with Crippen molar-refractivity contribution in [3.63, 3.8) is 0 Å². The molecular formula is C11H18N4O3S. The normalized spacial score (nSPS) is 10.5. The molecule has 0 aliphatic heterocycles. The third kappa shape index (κ3) is 5.23. The van der Waals surface area contributed by atoms with Gasteiger partial charge in [-0.2, -0.15) is 0 Å². The molecule has 0 radical (unpaired) electrons. The zero-order valence-electron chi connectivity index (χ0n) is 11.2. The zero-order chi connectivity index (χ0) is 14.4.